The molecule has 0 saturated heterocycles. The van der Waals surface area contributed by atoms with Gasteiger partial charge in [-0.2, -0.15) is 0 Å². The van der Waals surface area contributed by atoms with Gasteiger partial charge in [-0.1, -0.05) is 41.4 Å². The van der Waals surface area contributed by atoms with Crippen LogP contribution in [0.25, 0.3) is 10.1 Å². The number of anilines is 1. The van der Waals surface area contributed by atoms with Gasteiger partial charge in [-0.3, -0.25) is 4.79 Å². The molecule has 1 aromatic heterocycles. The lowest BCUT2D eigenvalue weighted by Crippen LogP contribution is -2.11. The lowest BCUT2D eigenvalue weighted by molar-refractivity contribution is 0.0696. The minimum Gasteiger partial charge on any atom is -0.478 e. The van der Waals surface area contributed by atoms with E-state index in [4.69, 9.17) is 28.3 Å². The highest BCUT2D eigenvalue weighted by molar-refractivity contribution is 7.21. The summed E-state index contributed by atoms with van der Waals surface area (Å²) in [5.41, 5.74) is 0.261. The minimum absolute atomic E-state index is 0.0344. The maximum Gasteiger partial charge on any atom is 0.335 e. The Kier molecular flexibility index (Phi) is 4.26. The van der Waals surface area contributed by atoms with Crippen molar-refractivity contribution in [3.05, 3.63) is 63.0 Å². The van der Waals surface area contributed by atoms with Crippen LogP contribution in [0, 0.1) is 0 Å². The molecule has 2 aromatic carbocycles. The molecule has 116 valence electrons. The first-order valence-corrected chi connectivity index (χ1v) is 8.06. The Labute approximate surface area is 145 Å². The molecular weight excluding hydrogens is 357 g/mol. The topological polar surface area (TPSA) is 66.4 Å². The standard InChI is InChI=1S/C16H9Cl2NO3S/c17-10-6-5-8(16(21)22)7-11(10)19-15(20)14-13(18)9-3-1-2-4-12(9)23-14/h1-7H,(H,19,20)(H,21,22). The van der Waals surface area contributed by atoms with E-state index in [1.165, 1.54) is 29.5 Å². The summed E-state index contributed by atoms with van der Waals surface area (Å²) in [5.74, 6) is -1.53. The Morgan fingerprint density at radius 3 is 2.52 bits per heavy atom. The van der Waals surface area contributed by atoms with Crippen LogP contribution in [0.2, 0.25) is 10.0 Å². The molecule has 23 heavy (non-hydrogen) atoms. The third-order valence-electron chi connectivity index (χ3n) is 3.20. The summed E-state index contributed by atoms with van der Waals surface area (Å²) >= 11 is 13.5. The van der Waals surface area contributed by atoms with Gasteiger partial charge in [-0.05, 0) is 24.3 Å². The molecule has 0 bridgehead atoms. The highest BCUT2D eigenvalue weighted by atomic mass is 35.5. The maximum atomic E-state index is 12.4. The number of hydrogen-bond acceptors (Lipinski definition) is 3. The van der Waals surface area contributed by atoms with E-state index in [-0.39, 0.29) is 16.3 Å². The number of thiophene rings is 1. The average molecular weight is 366 g/mol. The summed E-state index contributed by atoms with van der Waals surface area (Å²) in [6.45, 7) is 0. The summed E-state index contributed by atoms with van der Waals surface area (Å²) in [6, 6.07) is 11.5. The van der Waals surface area contributed by atoms with Gasteiger partial charge >= 0.3 is 5.97 Å². The van der Waals surface area contributed by atoms with Crippen molar-refractivity contribution in [1.82, 2.24) is 0 Å². The van der Waals surface area contributed by atoms with Crippen molar-refractivity contribution < 1.29 is 14.7 Å². The number of rotatable bonds is 3. The normalized spacial score (nSPS) is 10.7. The van der Waals surface area contributed by atoms with Crippen molar-refractivity contribution in [2.24, 2.45) is 0 Å². The van der Waals surface area contributed by atoms with Crippen molar-refractivity contribution in [1.29, 1.82) is 0 Å². The Bertz CT molecular complexity index is 936. The van der Waals surface area contributed by atoms with Crippen LogP contribution in [0.15, 0.2) is 42.5 Å². The van der Waals surface area contributed by atoms with Gasteiger partial charge in [0.05, 0.1) is 21.3 Å². The summed E-state index contributed by atoms with van der Waals surface area (Å²) in [7, 11) is 0. The third-order valence-corrected chi connectivity index (χ3v) is 5.21. The van der Waals surface area contributed by atoms with Crippen LogP contribution in [0.1, 0.15) is 20.0 Å². The number of carboxylic acids is 1. The van der Waals surface area contributed by atoms with Crippen molar-refractivity contribution in [2.75, 3.05) is 5.32 Å². The molecule has 1 heterocycles. The molecular formula is C16H9Cl2NO3S. The fraction of sp³-hybridized carbons (Fsp3) is 0. The van der Waals surface area contributed by atoms with Gasteiger partial charge in [0.25, 0.3) is 5.91 Å². The maximum absolute atomic E-state index is 12.4. The summed E-state index contributed by atoms with van der Waals surface area (Å²) in [5, 5.41) is 13.1. The van der Waals surface area contributed by atoms with Gasteiger partial charge < -0.3 is 10.4 Å². The van der Waals surface area contributed by atoms with Crippen molar-refractivity contribution in [3.63, 3.8) is 0 Å². The second kappa shape index (κ2) is 6.20. The van der Waals surface area contributed by atoms with Crippen LogP contribution >= 0.6 is 34.5 Å². The van der Waals surface area contributed by atoms with Gasteiger partial charge in [-0.15, -0.1) is 11.3 Å². The molecule has 0 atom stereocenters. The molecule has 2 N–H and O–H groups in total. The molecule has 7 heteroatoms. The third kappa shape index (κ3) is 3.03. The Balaban J connectivity index is 1.96. The van der Waals surface area contributed by atoms with Crippen LogP contribution in [0.5, 0.6) is 0 Å². The zero-order chi connectivity index (χ0) is 16.6. The molecule has 3 aromatic rings. The number of halogens is 2. The smallest absolute Gasteiger partial charge is 0.335 e. The SMILES string of the molecule is O=C(O)c1ccc(Cl)c(NC(=O)c2sc3ccccc3c2Cl)c1. The van der Waals surface area contributed by atoms with E-state index >= 15 is 0 Å². The number of hydrogen-bond donors (Lipinski definition) is 2. The fourth-order valence-electron chi connectivity index (χ4n) is 2.09. The van der Waals surface area contributed by atoms with E-state index in [1.807, 2.05) is 24.3 Å². The predicted octanol–water partition coefficient (Wildman–Crippen LogP) is 5.16. The number of nitrogens with one attached hydrogen (secondary N) is 1. The van der Waals surface area contributed by atoms with Gasteiger partial charge in [0.2, 0.25) is 0 Å². The van der Waals surface area contributed by atoms with Crippen molar-refractivity contribution in [2.45, 2.75) is 0 Å². The van der Waals surface area contributed by atoms with E-state index in [0.29, 0.717) is 9.90 Å². The van der Waals surface area contributed by atoms with Crippen LogP contribution in [-0.4, -0.2) is 17.0 Å². The van der Waals surface area contributed by atoms with Crippen LogP contribution < -0.4 is 5.32 Å². The number of carboxylic acid groups (broad SMARTS) is 1. The number of carbonyl (C=O) groups excluding carboxylic acids is 1. The van der Waals surface area contributed by atoms with Crippen LogP contribution in [0.4, 0.5) is 5.69 Å². The Morgan fingerprint density at radius 1 is 1.09 bits per heavy atom. The molecule has 3 rings (SSSR count). The van der Waals surface area contributed by atoms with Gasteiger partial charge in [0.15, 0.2) is 0 Å². The second-order valence-corrected chi connectivity index (χ2v) is 6.53. The Morgan fingerprint density at radius 2 is 1.83 bits per heavy atom. The first-order valence-electron chi connectivity index (χ1n) is 6.48. The number of carbonyl (C=O) groups is 2. The van der Waals surface area contributed by atoms with Crippen molar-refractivity contribution >= 4 is 62.2 Å². The first-order chi connectivity index (χ1) is 11.0. The average Bonchev–Trinajstić information content (AvgIpc) is 2.87. The quantitative estimate of drug-likeness (QED) is 0.673. The predicted molar refractivity (Wildman–Crippen MR) is 93.2 cm³/mol. The number of fused-ring (bicyclic) bond motifs is 1. The number of benzene rings is 2. The molecule has 0 aliphatic carbocycles. The largest absolute Gasteiger partial charge is 0.478 e. The number of amides is 1. The minimum atomic E-state index is -1.10. The second-order valence-electron chi connectivity index (χ2n) is 4.70. The summed E-state index contributed by atoms with van der Waals surface area (Å²) in [6.07, 6.45) is 0. The van der Waals surface area contributed by atoms with E-state index in [9.17, 15) is 9.59 Å². The molecule has 0 spiro atoms. The van der Waals surface area contributed by atoms with E-state index in [2.05, 4.69) is 5.32 Å². The molecule has 0 unspecified atom stereocenters. The lowest BCUT2D eigenvalue weighted by Gasteiger charge is -2.07. The zero-order valence-corrected chi connectivity index (χ0v) is 13.8. The first kappa shape index (κ1) is 15.8. The van der Waals surface area contributed by atoms with E-state index < -0.39 is 11.9 Å². The Hall–Kier alpha value is -2.08. The fourth-order valence-corrected chi connectivity index (χ4v) is 3.67. The highest BCUT2D eigenvalue weighted by Crippen LogP contribution is 2.36. The van der Waals surface area contributed by atoms with Gasteiger partial charge in [0, 0.05) is 10.1 Å². The van der Waals surface area contributed by atoms with E-state index in [1.54, 1.807) is 0 Å². The molecule has 1 amide bonds. The number of aromatic carboxylic acids is 1. The molecule has 4 nitrogen and oxygen atoms in total. The van der Waals surface area contributed by atoms with Crippen LogP contribution in [0.3, 0.4) is 0 Å². The van der Waals surface area contributed by atoms with Gasteiger partial charge in [0.1, 0.15) is 4.88 Å². The lowest BCUT2D eigenvalue weighted by atomic mass is 10.2. The molecule has 0 radical (unpaired) electrons. The van der Waals surface area contributed by atoms with Gasteiger partial charge in [-0.25, -0.2) is 4.79 Å². The van der Waals surface area contributed by atoms with Crippen LogP contribution in [-0.2, 0) is 0 Å². The summed E-state index contributed by atoms with van der Waals surface area (Å²) in [4.78, 5) is 23.8. The molecule has 0 saturated carbocycles. The zero-order valence-electron chi connectivity index (χ0n) is 11.5. The monoisotopic (exact) mass is 365 g/mol. The van der Waals surface area contributed by atoms with Crippen molar-refractivity contribution in [3.8, 4) is 0 Å². The molecule has 0 aliphatic rings. The molecule has 0 aliphatic heterocycles. The molecule has 0 fully saturated rings. The summed E-state index contributed by atoms with van der Waals surface area (Å²) < 4.78 is 0.896. The van der Waals surface area contributed by atoms with E-state index in [0.717, 1.165) is 10.1 Å². The highest BCUT2D eigenvalue weighted by Gasteiger charge is 2.18.